The van der Waals surface area contributed by atoms with E-state index < -0.39 is 8.07 Å². The average molecular weight is 453 g/mol. The van der Waals surface area contributed by atoms with E-state index in [1.54, 1.807) is 0 Å². The topological polar surface area (TPSA) is 52.6 Å². The van der Waals surface area contributed by atoms with Gasteiger partial charge in [-0.25, -0.2) is 4.79 Å². The van der Waals surface area contributed by atoms with Crippen LogP contribution in [0.3, 0.4) is 0 Å². The SMILES string of the molecule is CCCCOC(=O)CC/C(C(=O)OC)=C(/C=C/[Si](C(C)C)(C(C)C)C(C)C)C(C)(C)C. The molecule has 0 rings (SSSR count). The monoisotopic (exact) mass is 452 g/mol. The molecule has 0 N–H and O–H groups in total. The maximum atomic E-state index is 12.7. The fourth-order valence-corrected chi connectivity index (χ4v) is 10.3. The second-order valence-electron chi connectivity index (χ2n) is 10.5. The van der Waals surface area contributed by atoms with Crippen LogP contribution in [0.25, 0.3) is 0 Å². The first-order chi connectivity index (χ1) is 14.2. The van der Waals surface area contributed by atoms with Crippen LogP contribution in [0.2, 0.25) is 16.6 Å². The highest BCUT2D eigenvalue weighted by Crippen LogP contribution is 2.43. The summed E-state index contributed by atoms with van der Waals surface area (Å²) in [6, 6.07) is 0. The first-order valence-electron chi connectivity index (χ1n) is 11.9. The number of methoxy groups -OCH3 is 1. The molecule has 0 spiro atoms. The molecule has 0 amide bonds. The van der Waals surface area contributed by atoms with Gasteiger partial charge in [-0.05, 0) is 40.5 Å². The minimum atomic E-state index is -1.79. The summed E-state index contributed by atoms with van der Waals surface area (Å²) in [7, 11) is -0.381. The molecule has 0 saturated heterocycles. The van der Waals surface area contributed by atoms with E-state index in [0.29, 0.717) is 35.2 Å². The van der Waals surface area contributed by atoms with Crippen LogP contribution in [0.5, 0.6) is 0 Å². The molecule has 0 aliphatic carbocycles. The van der Waals surface area contributed by atoms with Crippen LogP contribution >= 0.6 is 0 Å². The molecule has 0 fully saturated rings. The van der Waals surface area contributed by atoms with Crippen molar-refractivity contribution in [3.63, 3.8) is 0 Å². The van der Waals surface area contributed by atoms with Crippen molar-refractivity contribution in [1.29, 1.82) is 0 Å². The summed E-state index contributed by atoms with van der Waals surface area (Å²) in [6.07, 6.45) is 4.53. The molecular formula is C26H48O4Si. The first-order valence-corrected chi connectivity index (χ1v) is 14.2. The molecule has 180 valence electrons. The first kappa shape index (κ1) is 29.6. The Balaban J connectivity index is 6.26. The van der Waals surface area contributed by atoms with Crippen LogP contribution in [-0.2, 0) is 19.1 Å². The molecule has 0 aliphatic rings. The van der Waals surface area contributed by atoms with Gasteiger partial charge in [0.15, 0.2) is 0 Å². The fraction of sp³-hybridized carbons (Fsp3) is 0.769. The number of esters is 2. The van der Waals surface area contributed by atoms with Gasteiger partial charge in [0.25, 0.3) is 0 Å². The van der Waals surface area contributed by atoms with Gasteiger partial charge in [0.2, 0.25) is 0 Å². The molecule has 0 unspecified atom stereocenters. The Morgan fingerprint density at radius 3 is 1.84 bits per heavy atom. The normalized spacial score (nSPS) is 13.9. The van der Waals surface area contributed by atoms with Crippen LogP contribution < -0.4 is 0 Å². The van der Waals surface area contributed by atoms with Crippen molar-refractivity contribution in [1.82, 2.24) is 0 Å². The molecule has 0 radical (unpaired) electrons. The van der Waals surface area contributed by atoms with E-state index in [0.717, 1.165) is 18.4 Å². The Kier molecular flexibility index (Phi) is 12.7. The highest BCUT2D eigenvalue weighted by molar-refractivity contribution is 6.88. The lowest BCUT2D eigenvalue weighted by Crippen LogP contribution is -2.42. The Hall–Kier alpha value is -1.36. The molecule has 0 aromatic carbocycles. The van der Waals surface area contributed by atoms with Crippen molar-refractivity contribution in [3.05, 3.63) is 22.9 Å². The number of hydrogen-bond donors (Lipinski definition) is 0. The minimum Gasteiger partial charge on any atom is -0.466 e. The lowest BCUT2D eigenvalue weighted by Gasteiger charge is -2.41. The summed E-state index contributed by atoms with van der Waals surface area (Å²) < 4.78 is 10.4. The number of unbranched alkanes of at least 4 members (excludes halogenated alkanes) is 1. The van der Waals surface area contributed by atoms with E-state index in [-0.39, 0.29) is 23.8 Å². The maximum absolute atomic E-state index is 12.7. The van der Waals surface area contributed by atoms with Crippen LogP contribution in [-0.4, -0.2) is 33.7 Å². The second-order valence-corrected chi connectivity index (χ2v) is 16.3. The summed E-state index contributed by atoms with van der Waals surface area (Å²) >= 11 is 0. The average Bonchev–Trinajstić information content (AvgIpc) is 2.64. The number of carbonyl (C=O) groups excluding carboxylic acids is 2. The summed E-state index contributed by atoms with van der Waals surface area (Å²) in [5.41, 5.74) is 5.48. The highest BCUT2D eigenvalue weighted by atomic mass is 28.3. The Labute approximate surface area is 192 Å². The third-order valence-corrected chi connectivity index (χ3v) is 13.2. The third-order valence-electron chi connectivity index (χ3n) is 6.44. The van der Waals surface area contributed by atoms with Gasteiger partial charge in [0.1, 0.15) is 0 Å². The molecule has 0 aromatic rings. The third kappa shape index (κ3) is 8.59. The van der Waals surface area contributed by atoms with Gasteiger partial charge in [-0.1, -0.05) is 87.4 Å². The predicted molar refractivity (Wildman–Crippen MR) is 134 cm³/mol. The molecule has 0 aromatic heterocycles. The van der Waals surface area contributed by atoms with Gasteiger partial charge in [-0.3, -0.25) is 4.79 Å². The van der Waals surface area contributed by atoms with Crippen molar-refractivity contribution < 1.29 is 19.1 Å². The lowest BCUT2D eigenvalue weighted by molar-refractivity contribution is -0.143. The van der Waals surface area contributed by atoms with E-state index in [2.05, 4.69) is 81.0 Å². The highest BCUT2D eigenvalue weighted by Gasteiger charge is 2.40. The Morgan fingerprint density at radius 2 is 1.45 bits per heavy atom. The van der Waals surface area contributed by atoms with Gasteiger partial charge < -0.3 is 9.47 Å². The van der Waals surface area contributed by atoms with E-state index in [4.69, 9.17) is 9.47 Å². The predicted octanol–water partition coefficient (Wildman–Crippen LogP) is 7.40. The van der Waals surface area contributed by atoms with Gasteiger partial charge in [-0.15, -0.1) is 0 Å². The smallest absolute Gasteiger partial charge is 0.334 e. The quantitative estimate of drug-likeness (QED) is 0.102. The summed E-state index contributed by atoms with van der Waals surface area (Å²) in [5, 5.41) is 0. The molecule has 0 atom stereocenters. The lowest BCUT2D eigenvalue weighted by atomic mass is 9.82. The molecule has 0 saturated carbocycles. The molecule has 4 nitrogen and oxygen atoms in total. The number of allylic oxidation sites excluding steroid dienone is 2. The summed E-state index contributed by atoms with van der Waals surface area (Å²) in [5.74, 6) is -0.621. The zero-order valence-electron chi connectivity index (χ0n) is 22.1. The molecule has 0 aliphatic heterocycles. The number of hydrogen-bond acceptors (Lipinski definition) is 4. The summed E-state index contributed by atoms with van der Waals surface area (Å²) in [6.45, 7) is 22.8. The Morgan fingerprint density at radius 1 is 0.935 bits per heavy atom. The van der Waals surface area contributed by atoms with Crippen LogP contribution in [0.4, 0.5) is 0 Å². The molecular weight excluding hydrogens is 404 g/mol. The number of ether oxygens (including phenoxy) is 2. The van der Waals surface area contributed by atoms with Crippen molar-refractivity contribution in [2.24, 2.45) is 5.41 Å². The van der Waals surface area contributed by atoms with Gasteiger partial charge in [0.05, 0.1) is 21.8 Å². The van der Waals surface area contributed by atoms with E-state index in [1.807, 2.05) is 0 Å². The molecule has 5 heteroatoms. The zero-order chi connectivity index (χ0) is 24.4. The maximum Gasteiger partial charge on any atom is 0.334 e. The van der Waals surface area contributed by atoms with Crippen LogP contribution in [0.1, 0.15) is 94.9 Å². The number of carbonyl (C=O) groups is 2. The van der Waals surface area contributed by atoms with E-state index >= 15 is 0 Å². The van der Waals surface area contributed by atoms with Crippen molar-refractivity contribution in [2.75, 3.05) is 13.7 Å². The largest absolute Gasteiger partial charge is 0.466 e. The van der Waals surface area contributed by atoms with Crippen molar-refractivity contribution in [3.8, 4) is 0 Å². The standard InChI is InChI=1S/C26H48O4Si/c1-12-13-17-30-24(27)15-14-22(25(28)29-11)23(26(8,9)10)16-18-31(19(2)3,20(4)5)21(6)7/h16,18-21H,12-15,17H2,1-11H3/b18-16+,23-22+. The van der Waals surface area contributed by atoms with E-state index in [1.165, 1.54) is 7.11 Å². The van der Waals surface area contributed by atoms with Crippen molar-refractivity contribution in [2.45, 2.75) is 112 Å². The fourth-order valence-electron chi connectivity index (χ4n) is 4.71. The second kappa shape index (κ2) is 13.2. The summed E-state index contributed by atoms with van der Waals surface area (Å²) in [4.78, 5) is 24.9. The van der Waals surface area contributed by atoms with Gasteiger partial charge in [0, 0.05) is 12.0 Å². The van der Waals surface area contributed by atoms with Crippen LogP contribution in [0, 0.1) is 5.41 Å². The van der Waals surface area contributed by atoms with Gasteiger partial charge >= 0.3 is 11.9 Å². The Bertz CT molecular complexity index is 615. The van der Waals surface area contributed by atoms with Crippen LogP contribution in [0.15, 0.2) is 22.9 Å². The van der Waals surface area contributed by atoms with E-state index in [9.17, 15) is 9.59 Å². The van der Waals surface area contributed by atoms with Crippen molar-refractivity contribution >= 4 is 20.0 Å². The molecule has 0 bridgehead atoms. The zero-order valence-corrected chi connectivity index (χ0v) is 23.1. The molecule has 0 heterocycles. The minimum absolute atomic E-state index is 0.183. The van der Waals surface area contributed by atoms with Gasteiger partial charge in [-0.2, -0.15) is 0 Å². The molecule has 31 heavy (non-hydrogen) atoms. The number of rotatable bonds is 12.